The van der Waals surface area contributed by atoms with E-state index in [0.29, 0.717) is 28.6 Å². The molecule has 3 rings (SSSR count). The van der Waals surface area contributed by atoms with E-state index in [1.807, 2.05) is 25.1 Å². The molecule has 2 aromatic rings. The lowest BCUT2D eigenvalue weighted by molar-refractivity contribution is -0.131. The van der Waals surface area contributed by atoms with Gasteiger partial charge in [0.05, 0.1) is 0 Å². The van der Waals surface area contributed by atoms with Crippen LogP contribution in [0.5, 0.6) is 11.5 Å². The van der Waals surface area contributed by atoms with Gasteiger partial charge in [0.1, 0.15) is 11.5 Å². The second kappa shape index (κ2) is 8.24. The maximum absolute atomic E-state index is 12.4. The largest absolute Gasteiger partial charge is 0.422 e. The first kappa shape index (κ1) is 20.8. The molecular formula is C25H28O4. The predicted octanol–water partition coefficient (Wildman–Crippen LogP) is 5.63. The average Bonchev–Trinajstić information content (AvgIpc) is 2.69. The van der Waals surface area contributed by atoms with E-state index in [-0.39, 0.29) is 0 Å². The number of rotatable bonds is 5. The van der Waals surface area contributed by atoms with Crippen LogP contribution in [0.2, 0.25) is 0 Å². The molecule has 2 aromatic carbocycles. The van der Waals surface area contributed by atoms with Crippen LogP contribution in [0.1, 0.15) is 50.3 Å². The molecule has 4 nitrogen and oxygen atoms in total. The van der Waals surface area contributed by atoms with Crippen LogP contribution in [0.3, 0.4) is 0 Å². The third kappa shape index (κ3) is 4.12. The van der Waals surface area contributed by atoms with Crippen molar-refractivity contribution in [1.29, 1.82) is 0 Å². The van der Waals surface area contributed by atoms with Crippen LogP contribution in [0, 0.1) is 12.8 Å². The summed E-state index contributed by atoms with van der Waals surface area (Å²) in [5.41, 5.74) is 3.63. The van der Waals surface area contributed by atoms with Crippen molar-refractivity contribution in [3.63, 3.8) is 0 Å². The molecule has 0 bridgehead atoms. The Balaban J connectivity index is 2.31. The maximum Gasteiger partial charge on any atom is 0.338 e. The van der Waals surface area contributed by atoms with E-state index in [9.17, 15) is 9.59 Å². The lowest BCUT2D eigenvalue weighted by Crippen LogP contribution is -2.20. The minimum Gasteiger partial charge on any atom is -0.422 e. The van der Waals surface area contributed by atoms with Crippen molar-refractivity contribution in [2.45, 2.75) is 53.4 Å². The third-order valence-corrected chi connectivity index (χ3v) is 5.54. The number of carbonyl (C=O) groups is 2. The molecule has 0 saturated heterocycles. The fraction of sp³-hybridized carbons (Fsp3) is 0.360. The molecule has 1 atom stereocenters. The van der Waals surface area contributed by atoms with Crippen molar-refractivity contribution >= 4 is 22.7 Å². The van der Waals surface area contributed by atoms with Crippen molar-refractivity contribution in [3.05, 3.63) is 59.2 Å². The van der Waals surface area contributed by atoms with Crippen molar-refractivity contribution in [2.75, 3.05) is 0 Å². The number of hydrogen-bond donors (Lipinski definition) is 0. The number of esters is 2. The molecule has 29 heavy (non-hydrogen) atoms. The lowest BCUT2D eigenvalue weighted by Gasteiger charge is -2.28. The van der Waals surface area contributed by atoms with Crippen LogP contribution in [-0.2, 0) is 22.4 Å². The number of fused-ring (bicyclic) bond motifs is 2. The highest BCUT2D eigenvalue weighted by molar-refractivity contribution is 6.01. The van der Waals surface area contributed by atoms with Gasteiger partial charge in [-0.1, -0.05) is 44.2 Å². The second-order valence-corrected chi connectivity index (χ2v) is 8.02. The Morgan fingerprint density at radius 2 is 1.59 bits per heavy atom. The van der Waals surface area contributed by atoms with Gasteiger partial charge < -0.3 is 9.47 Å². The van der Waals surface area contributed by atoms with Gasteiger partial charge in [-0.3, -0.25) is 0 Å². The lowest BCUT2D eigenvalue weighted by atomic mass is 9.80. The van der Waals surface area contributed by atoms with E-state index >= 15 is 0 Å². The summed E-state index contributed by atoms with van der Waals surface area (Å²) in [6.07, 6.45) is 3.60. The van der Waals surface area contributed by atoms with Gasteiger partial charge in [0.2, 0.25) is 0 Å². The molecule has 0 radical (unpaired) electrons. The van der Waals surface area contributed by atoms with Crippen LogP contribution in [0.15, 0.2) is 42.5 Å². The van der Waals surface area contributed by atoms with Crippen LogP contribution in [-0.4, -0.2) is 11.9 Å². The highest BCUT2D eigenvalue weighted by Crippen LogP contribution is 2.46. The first-order valence-electron chi connectivity index (χ1n) is 10.1. The van der Waals surface area contributed by atoms with Crippen molar-refractivity contribution in [3.8, 4) is 11.5 Å². The Bertz CT molecular complexity index is 1030. The Morgan fingerprint density at radius 1 is 1.00 bits per heavy atom. The molecule has 0 saturated carbocycles. The third-order valence-electron chi connectivity index (χ3n) is 5.54. The highest BCUT2D eigenvalue weighted by atomic mass is 16.5. The summed E-state index contributed by atoms with van der Waals surface area (Å²) in [6, 6.07) is 5.87. The molecule has 0 heterocycles. The normalized spacial score (nSPS) is 15.5. The quantitative estimate of drug-likeness (QED) is 0.376. The van der Waals surface area contributed by atoms with Gasteiger partial charge in [-0.05, 0) is 52.0 Å². The molecule has 0 aromatic heterocycles. The van der Waals surface area contributed by atoms with E-state index < -0.39 is 11.9 Å². The monoisotopic (exact) mass is 392 g/mol. The minimum absolute atomic E-state index is 0.347. The molecule has 0 fully saturated rings. The average molecular weight is 392 g/mol. The van der Waals surface area contributed by atoms with Gasteiger partial charge in [0.15, 0.2) is 0 Å². The summed E-state index contributed by atoms with van der Waals surface area (Å²) in [7, 11) is 0. The summed E-state index contributed by atoms with van der Waals surface area (Å²) in [5.74, 6) is 0.740. The summed E-state index contributed by atoms with van der Waals surface area (Å²) in [4.78, 5) is 24.8. The zero-order valence-electron chi connectivity index (χ0n) is 17.7. The Morgan fingerprint density at radius 3 is 2.14 bits per heavy atom. The SMILES string of the molecule is C=C(C)C(=O)Oc1c2c(c(OC(=O)C(=C)C)c3ccc(C)cc13)CC(CC)CC2. The molecular weight excluding hydrogens is 364 g/mol. The van der Waals surface area contributed by atoms with Gasteiger partial charge in [0.25, 0.3) is 0 Å². The van der Waals surface area contributed by atoms with Crippen molar-refractivity contribution in [1.82, 2.24) is 0 Å². The van der Waals surface area contributed by atoms with E-state index in [1.165, 1.54) is 0 Å². The molecule has 1 aliphatic carbocycles. The van der Waals surface area contributed by atoms with Crippen LogP contribution in [0.4, 0.5) is 0 Å². The molecule has 0 amide bonds. The number of ether oxygens (including phenoxy) is 2. The number of hydrogen-bond acceptors (Lipinski definition) is 4. The van der Waals surface area contributed by atoms with Crippen molar-refractivity contribution < 1.29 is 19.1 Å². The van der Waals surface area contributed by atoms with Gasteiger partial charge in [-0.2, -0.15) is 0 Å². The summed E-state index contributed by atoms with van der Waals surface area (Å²) in [5, 5.41) is 1.54. The number of carbonyl (C=O) groups excluding carboxylic acids is 2. The molecule has 0 spiro atoms. The zero-order chi connectivity index (χ0) is 21.3. The van der Waals surface area contributed by atoms with Gasteiger partial charge >= 0.3 is 11.9 Å². The molecule has 152 valence electrons. The van der Waals surface area contributed by atoms with E-state index in [0.717, 1.165) is 53.1 Å². The summed E-state index contributed by atoms with van der Waals surface area (Å²) < 4.78 is 11.7. The smallest absolute Gasteiger partial charge is 0.338 e. The van der Waals surface area contributed by atoms with Crippen LogP contribution < -0.4 is 9.47 Å². The second-order valence-electron chi connectivity index (χ2n) is 8.02. The highest BCUT2D eigenvalue weighted by Gasteiger charge is 2.29. The maximum atomic E-state index is 12.4. The Labute approximate surface area is 172 Å². The van der Waals surface area contributed by atoms with Crippen molar-refractivity contribution in [2.24, 2.45) is 5.92 Å². The fourth-order valence-corrected chi connectivity index (χ4v) is 3.80. The van der Waals surface area contributed by atoms with Gasteiger partial charge in [0, 0.05) is 33.0 Å². The molecule has 0 N–H and O–H groups in total. The minimum atomic E-state index is -0.445. The molecule has 1 unspecified atom stereocenters. The first-order chi connectivity index (χ1) is 13.7. The molecule has 1 aliphatic rings. The first-order valence-corrected chi connectivity index (χ1v) is 10.1. The van der Waals surface area contributed by atoms with Crippen LogP contribution >= 0.6 is 0 Å². The summed E-state index contributed by atoms with van der Waals surface area (Å²) in [6.45, 7) is 14.8. The number of benzene rings is 2. The topological polar surface area (TPSA) is 52.6 Å². The van der Waals surface area contributed by atoms with Crippen LogP contribution in [0.25, 0.3) is 10.8 Å². The fourth-order valence-electron chi connectivity index (χ4n) is 3.80. The molecule has 0 aliphatic heterocycles. The Hall–Kier alpha value is -2.88. The van der Waals surface area contributed by atoms with Gasteiger partial charge in [-0.25, -0.2) is 9.59 Å². The van der Waals surface area contributed by atoms with E-state index in [1.54, 1.807) is 13.8 Å². The molecule has 4 heteroatoms. The predicted molar refractivity (Wildman–Crippen MR) is 115 cm³/mol. The van der Waals surface area contributed by atoms with E-state index in [2.05, 4.69) is 20.1 Å². The standard InChI is InChI=1S/C25H28O4/c1-7-17-9-11-19-21(13-17)23(29-25(27)15(4)5)18-10-8-16(6)12-20(18)22(19)28-24(26)14(2)3/h8,10,12,17H,2,4,7,9,11,13H2,1,3,5-6H3. The zero-order valence-corrected chi connectivity index (χ0v) is 17.7. The summed E-state index contributed by atoms with van der Waals surface area (Å²) >= 11 is 0. The van der Waals surface area contributed by atoms with E-state index in [4.69, 9.17) is 9.47 Å². The Kier molecular flexibility index (Phi) is 5.92. The number of aryl methyl sites for hydroxylation is 1. The van der Waals surface area contributed by atoms with Gasteiger partial charge in [-0.15, -0.1) is 0 Å².